The van der Waals surface area contributed by atoms with E-state index in [4.69, 9.17) is 0 Å². The highest BCUT2D eigenvalue weighted by Gasteiger charge is 2.36. The standard InChI is InChI=1S/C9H8F3NO2S/c10-9(11,12)7-2-1-3-8(6-7)16(14,15)13-4-5-13/h1-3,6H,4-5H2. The molecule has 0 radical (unpaired) electrons. The lowest BCUT2D eigenvalue weighted by Crippen LogP contribution is -2.13. The van der Waals surface area contributed by atoms with Crippen LogP contribution in [0.4, 0.5) is 13.2 Å². The van der Waals surface area contributed by atoms with Crippen LogP contribution in [0.15, 0.2) is 29.2 Å². The smallest absolute Gasteiger partial charge is 0.207 e. The van der Waals surface area contributed by atoms with E-state index in [2.05, 4.69) is 0 Å². The fourth-order valence-electron chi connectivity index (χ4n) is 1.26. The lowest BCUT2D eigenvalue weighted by Gasteiger charge is -2.09. The molecule has 0 atom stereocenters. The first kappa shape index (κ1) is 11.4. The van der Waals surface area contributed by atoms with Gasteiger partial charge in [-0.1, -0.05) is 6.07 Å². The van der Waals surface area contributed by atoms with Crippen LogP contribution in [-0.4, -0.2) is 25.8 Å². The summed E-state index contributed by atoms with van der Waals surface area (Å²) < 4.78 is 61.5. The van der Waals surface area contributed by atoms with Crippen molar-refractivity contribution in [2.24, 2.45) is 0 Å². The van der Waals surface area contributed by atoms with E-state index in [9.17, 15) is 21.6 Å². The molecule has 1 fully saturated rings. The summed E-state index contributed by atoms with van der Waals surface area (Å²) in [6.45, 7) is 0.747. The molecule has 1 saturated heterocycles. The van der Waals surface area contributed by atoms with Crippen LogP contribution < -0.4 is 0 Å². The summed E-state index contributed by atoms with van der Waals surface area (Å²) in [5.41, 5.74) is -0.949. The van der Waals surface area contributed by atoms with Gasteiger partial charge in [0, 0.05) is 13.1 Å². The largest absolute Gasteiger partial charge is 0.416 e. The molecule has 3 nitrogen and oxygen atoms in total. The molecule has 88 valence electrons. The van der Waals surface area contributed by atoms with E-state index in [-0.39, 0.29) is 4.90 Å². The molecule has 0 aliphatic carbocycles. The molecule has 1 heterocycles. The average Bonchev–Trinajstić information content (AvgIpc) is 3.00. The summed E-state index contributed by atoms with van der Waals surface area (Å²) in [7, 11) is -3.72. The molecule has 1 aromatic rings. The van der Waals surface area contributed by atoms with Crippen molar-refractivity contribution >= 4 is 10.0 Å². The zero-order valence-corrected chi connectivity index (χ0v) is 8.85. The monoisotopic (exact) mass is 251 g/mol. The number of benzene rings is 1. The highest BCUT2D eigenvalue weighted by atomic mass is 32.2. The van der Waals surface area contributed by atoms with Crippen LogP contribution in [0.1, 0.15) is 5.56 Å². The van der Waals surface area contributed by atoms with Gasteiger partial charge in [0.25, 0.3) is 0 Å². The van der Waals surface area contributed by atoms with Gasteiger partial charge in [-0.25, -0.2) is 8.42 Å². The van der Waals surface area contributed by atoms with Crippen molar-refractivity contribution in [2.45, 2.75) is 11.1 Å². The predicted molar refractivity (Wildman–Crippen MR) is 50.2 cm³/mol. The molecular weight excluding hydrogens is 243 g/mol. The maximum absolute atomic E-state index is 12.4. The summed E-state index contributed by atoms with van der Waals surface area (Å²) in [5, 5.41) is 0. The maximum atomic E-state index is 12.4. The van der Waals surface area contributed by atoms with Crippen molar-refractivity contribution < 1.29 is 21.6 Å². The lowest BCUT2D eigenvalue weighted by atomic mass is 10.2. The van der Waals surface area contributed by atoms with Gasteiger partial charge in [0.1, 0.15) is 0 Å². The molecule has 16 heavy (non-hydrogen) atoms. The van der Waals surface area contributed by atoms with Crippen LogP contribution >= 0.6 is 0 Å². The fraction of sp³-hybridized carbons (Fsp3) is 0.333. The van der Waals surface area contributed by atoms with E-state index >= 15 is 0 Å². The minimum Gasteiger partial charge on any atom is -0.207 e. The number of hydrogen-bond donors (Lipinski definition) is 0. The van der Waals surface area contributed by atoms with E-state index < -0.39 is 21.8 Å². The van der Waals surface area contributed by atoms with Gasteiger partial charge in [-0.3, -0.25) is 0 Å². The van der Waals surface area contributed by atoms with Gasteiger partial charge < -0.3 is 0 Å². The van der Waals surface area contributed by atoms with Crippen LogP contribution in [0, 0.1) is 0 Å². The number of alkyl halides is 3. The van der Waals surface area contributed by atoms with Crippen LogP contribution in [0.5, 0.6) is 0 Å². The Bertz CT molecular complexity index is 506. The second kappa shape index (κ2) is 3.46. The molecule has 0 spiro atoms. The number of halogens is 3. The third-order valence-electron chi connectivity index (χ3n) is 2.21. The van der Waals surface area contributed by atoms with Gasteiger partial charge in [-0.05, 0) is 18.2 Å². The van der Waals surface area contributed by atoms with Gasteiger partial charge in [0.2, 0.25) is 10.0 Å². The minimum absolute atomic E-state index is 0.306. The first-order chi connectivity index (χ1) is 7.32. The van der Waals surface area contributed by atoms with Crippen LogP contribution in [0.3, 0.4) is 0 Å². The third kappa shape index (κ3) is 2.05. The van der Waals surface area contributed by atoms with Gasteiger partial charge in [0.15, 0.2) is 0 Å². The molecule has 0 N–H and O–H groups in total. The first-order valence-electron chi connectivity index (χ1n) is 4.49. The van der Waals surface area contributed by atoms with E-state index in [0.717, 1.165) is 16.4 Å². The summed E-state index contributed by atoms with van der Waals surface area (Å²) in [6, 6.07) is 3.77. The second-order valence-electron chi connectivity index (χ2n) is 3.43. The van der Waals surface area contributed by atoms with E-state index in [0.29, 0.717) is 19.2 Å². The molecule has 0 bridgehead atoms. The highest BCUT2D eigenvalue weighted by Crippen LogP contribution is 2.31. The van der Waals surface area contributed by atoms with Crippen molar-refractivity contribution in [3.8, 4) is 0 Å². The Balaban J connectivity index is 2.44. The van der Waals surface area contributed by atoms with Crippen LogP contribution in [0.25, 0.3) is 0 Å². The topological polar surface area (TPSA) is 37.1 Å². The Morgan fingerprint density at radius 1 is 1.19 bits per heavy atom. The first-order valence-corrected chi connectivity index (χ1v) is 5.93. The summed E-state index contributed by atoms with van der Waals surface area (Å²) in [4.78, 5) is -0.306. The molecule has 0 saturated carbocycles. The second-order valence-corrected chi connectivity index (χ2v) is 5.37. The fourth-order valence-corrected chi connectivity index (χ4v) is 2.65. The Kier molecular flexibility index (Phi) is 2.47. The van der Waals surface area contributed by atoms with Crippen molar-refractivity contribution in [2.75, 3.05) is 13.1 Å². The number of hydrogen-bond acceptors (Lipinski definition) is 2. The van der Waals surface area contributed by atoms with Crippen LogP contribution in [0.2, 0.25) is 0 Å². The highest BCUT2D eigenvalue weighted by molar-refractivity contribution is 7.89. The molecule has 0 aromatic heterocycles. The summed E-state index contributed by atoms with van der Waals surface area (Å²) in [5.74, 6) is 0. The molecule has 1 aromatic carbocycles. The molecule has 1 aliphatic heterocycles. The zero-order valence-electron chi connectivity index (χ0n) is 8.03. The van der Waals surface area contributed by atoms with Gasteiger partial charge in [-0.15, -0.1) is 0 Å². The van der Waals surface area contributed by atoms with E-state index in [1.807, 2.05) is 0 Å². The number of rotatable bonds is 2. The van der Waals surface area contributed by atoms with Crippen molar-refractivity contribution in [3.05, 3.63) is 29.8 Å². The molecular formula is C9H8F3NO2S. The SMILES string of the molecule is O=S(=O)(c1cccc(C(F)(F)F)c1)N1CC1. The normalized spacial score (nSPS) is 17.4. The van der Waals surface area contributed by atoms with Crippen molar-refractivity contribution in [1.82, 2.24) is 4.31 Å². The third-order valence-corrected chi connectivity index (χ3v) is 4.10. The molecule has 0 amide bonds. The van der Waals surface area contributed by atoms with Crippen molar-refractivity contribution in [3.63, 3.8) is 0 Å². The average molecular weight is 251 g/mol. The molecule has 1 aliphatic rings. The Labute approximate surface area is 90.5 Å². The lowest BCUT2D eigenvalue weighted by molar-refractivity contribution is -0.137. The predicted octanol–water partition coefficient (Wildman–Crippen LogP) is 1.71. The minimum atomic E-state index is -4.52. The Hall–Kier alpha value is -1.08. The van der Waals surface area contributed by atoms with Gasteiger partial charge in [-0.2, -0.15) is 17.5 Å². The summed E-state index contributed by atoms with van der Waals surface area (Å²) in [6.07, 6.45) is -4.52. The molecule has 0 unspecified atom stereocenters. The quantitative estimate of drug-likeness (QED) is 0.750. The van der Waals surface area contributed by atoms with Crippen LogP contribution in [-0.2, 0) is 16.2 Å². The molecule has 7 heteroatoms. The number of sulfonamides is 1. The van der Waals surface area contributed by atoms with E-state index in [1.165, 1.54) is 6.07 Å². The van der Waals surface area contributed by atoms with Gasteiger partial charge >= 0.3 is 6.18 Å². The molecule has 2 rings (SSSR count). The maximum Gasteiger partial charge on any atom is 0.416 e. The van der Waals surface area contributed by atoms with E-state index in [1.54, 1.807) is 0 Å². The number of nitrogens with zero attached hydrogens (tertiary/aromatic N) is 1. The Morgan fingerprint density at radius 3 is 2.31 bits per heavy atom. The summed E-state index contributed by atoms with van der Waals surface area (Å²) >= 11 is 0. The van der Waals surface area contributed by atoms with Gasteiger partial charge in [0.05, 0.1) is 10.5 Å². The van der Waals surface area contributed by atoms with Crippen molar-refractivity contribution in [1.29, 1.82) is 0 Å². The Morgan fingerprint density at radius 2 is 1.81 bits per heavy atom. The zero-order chi connectivity index (χ0) is 12.0.